The van der Waals surface area contributed by atoms with Crippen molar-refractivity contribution in [3.05, 3.63) is 0 Å². The quantitative estimate of drug-likeness (QED) is 0.332. The topological polar surface area (TPSA) is 40.1 Å². The van der Waals surface area contributed by atoms with Gasteiger partial charge in [-0.2, -0.15) is 11.8 Å². The minimum atomic E-state index is 0. The Kier molecular flexibility index (Phi) is 12.6. The maximum absolute atomic E-state index is 5.19. The van der Waals surface area contributed by atoms with Crippen LogP contribution in [0, 0.1) is 11.8 Å². The number of hydrogen-bond acceptors (Lipinski definition) is 4. The minimum absolute atomic E-state index is 0. The van der Waals surface area contributed by atoms with Crippen molar-refractivity contribution in [3.63, 3.8) is 0 Å². The highest BCUT2D eigenvalue weighted by atomic mass is 127. The molecule has 0 spiro atoms. The molecule has 1 atom stereocenters. The highest BCUT2D eigenvalue weighted by Gasteiger charge is 2.25. The van der Waals surface area contributed by atoms with Gasteiger partial charge in [-0.05, 0) is 44.7 Å². The molecule has 2 aliphatic heterocycles. The number of thioether (sulfide) groups is 1. The van der Waals surface area contributed by atoms with Gasteiger partial charge in [0.05, 0.1) is 6.61 Å². The molecule has 26 heavy (non-hydrogen) atoms. The van der Waals surface area contributed by atoms with Crippen LogP contribution in [0.5, 0.6) is 0 Å². The van der Waals surface area contributed by atoms with Crippen LogP contribution in [-0.2, 0) is 4.74 Å². The zero-order valence-electron chi connectivity index (χ0n) is 17.1. The Morgan fingerprint density at radius 1 is 1.27 bits per heavy atom. The molecule has 0 amide bonds. The number of likely N-dealkylation sites (tertiary alicyclic amines) is 1. The van der Waals surface area contributed by atoms with Gasteiger partial charge in [-0.15, -0.1) is 24.0 Å². The maximum Gasteiger partial charge on any atom is 0.193 e. The number of halogens is 1. The number of aliphatic imine (C=N–C) groups is 1. The van der Waals surface area contributed by atoms with E-state index in [4.69, 9.17) is 9.73 Å². The van der Waals surface area contributed by atoms with Gasteiger partial charge >= 0.3 is 0 Å². The van der Waals surface area contributed by atoms with Crippen LogP contribution in [0.15, 0.2) is 4.99 Å². The summed E-state index contributed by atoms with van der Waals surface area (Å²) >= 11 is 2.12. The third kappa shape index (κ3) is 8.10. The Labute approximate surface area is 182 Å². The fraction of sp³-hybridized carbons (Fsp3) is 0.947. The first-order valence-electron chi connectivity index (χ1n) is 10.00. The zero-order valence-corrected chi connectivity index (χ0v) is 20.2. The molecule has 0 aromatic heterocycles. The first-order valence-corrected chi connectivity index (χ1v) is 11.0. The van der Waals surface area contributed by atoms with Crippen molar-refractivity contribution in [3.8, 4) is 0 Å². The molecule has 0 aromatic carbocycles. The molecule has 0 aromatic rings. The smallest absolute Gasteiger partial charge is 0.193 e. The molecule has 0 radical (unpaired) electrons. The number of rotatable bonds is 7. The summed E-state index contributed by atoms with van der Waals surface area (Å²) in [5.74, 6) is 3.81. The lowest BCUT2D eigenvalue weighted by atomic mass is 9.97. The molecule has 2 fully saturated rings. The van der Waals surface area contributed by atoms with E-state index in [2.05, 4.69) is 47.6 Å². The standard InChI is InChI=1S/C19H38N4OS.HI/c1-5-20-19(23-11-13-25-18(15-23)16(2)3)21-14-17-6-8-22(9-7-17)10-12-24-4;/h16-18H,5-15H2,1-4H3,(H,20,21);1H. The predicted molar refractivity (Wildman–Crippen MR) is 125 cm³/mol. The van der Waals surface area contributed by atoms with Gasteiger partial charge in [0.15, 0.2) is 5.96 Å². The summed E-state index contributed by atoms with van der Waals surface area (Å²) < 4.78 is 5.19. The van der Waals surface area contributed by atoms with Crippen molar-refractivity contribution in [2.75, 3.05) is 65.3 Å². The lowest BCUT2D eigenvalue weighted by molar-refractivity contribution is 0.121. The second-order valence-corrected chi connectivity index (χ2v) is 8.92. The van der Waals surface area contributed by atoms with Gasteiger partial charge in [-0.3, -0.25) is 4.99 Å². The van der Waals surface area contributed by atoms with Crippen LogP contribution >= 0.6 is 35.7 Å². The number of ether oxygens (including phenoxy) is 1. The van der Waals surface area contributed by atoms with E-state index in [9.17, 15) is 0 Å². The summed E-state index contributed by atoms with van der Waals surface area (Å²) in [6.07, 6.45) is 2.52. The normalized spacial score (nSPS) is 23.2. The van der Waals surface area contributed by atoms with Crippen molar-refractivity contribution in [1.82, 2.24) is 15.1 Å². The van der Waals surface area contributed by atoms with E-state index in [0.29, 0.717) is 0 Å². The van der Waals surface area contributed by atoms with E-state index in [1.807, 2.05) is 0 Å². The molecule has 1 N–H and O–H groups in total. The first-order chi connectivity index (χ1) is 12.1. The fourth-order valence-corrected chi connectivity index (χ4v) is 4.82. The summed E-state index contributed by atoms with van der Waals surface area (Å²) in [7, 11) is 1.78. The van der Waals surface area contributed by atoms with Crippen LogP contribution in [0.3, 0.4) is 0 Å². The van der Waals surface area contributed by atoms with Crippen molar-refractivity contribution in [2.24, 2.45) is 16.8 Å². The van der Waals surface area contributed by atoms with E-state index in [-0.39, 0.29) is 24.0 Å². The lowest BCUT2D eigenvalue weighted by Gasteiger charge is -2.37. The number of piperidine rings is 1. The Morgan fingerprint density at radius 2 is 2.00 bits per heavy atom. The Morgan fingerprint density at radius 3 is 2.62 bits per heavy atom. The molecule has 2 saturated heterocycles. The molecular weight excluding hydrogens is 459 g/mol. The van der Waals surface area contributed by atoms with E-state index < -0.39 is 0 Å². The van der Waals surface area contributed by atoms with Crippen molar-refractivity contribution >= 4 is 41.7 Å². The van der Waals surface area contributed by atoms with Crippen molar-refractivity contribution < 1.29 is 4.74 Å². The molecule has 2 aliphatic rings. The maximum atomic E-state index is 5.19. The molecule has 2 rings (SSSR count). The van der Waals surface area contributed by atoms with Crippen LogP contribution in [0.1, 0.15) is 33.6 Å². The van der Waals surface area contributed by atoms with Crippen LogP contribution < -0.4 is 5.32 Å². The SMILES string of the molecule is CCNC(=NCC1CCN(CCOC)CC1)N1CCSC(C(C)C)C1.I. The second kappa shape index (κ2) is 13.4. The second-order valence-electron chi connectivity index (χ2n) is 7.57. The number of nitrogens with zero attached hydrogens (tertiary/aromatic N) is 3. The van der Waals surface area contributed by atoms with Gasteiger partial charge in [0.1, 0.15) is 0 Å². The fourth-order valence-electron chi connectivity index (χ4n) is 3.53. The third-order valence-electron chi connectivity index (χ3n) is 5.29. The molecule has 5 nitrogen and oxygen atoms in total. The van der Waals surface area contributed by atoms with Gasteiger partial charge in [0, 0.05) is 50.8 Å². The van der Waals surface area contributed by atoms with Gasteiger partial charge < -0.3 is 19.9 Å². The van der Waals surface area contributed by atoms with E-state index in [1.165, 1.54) is 31.7 Å². The summed E-state index contributed by atoms with van der Waals surface area (Å²) in [6.45, 7) is 15.3. The summed E-state index contributed by atoms with van der Waals surface area (Å²) in [4.78, 5) is 10.0. The van der Waals surface area contributed by atoms with Gasteiger partial charge in [0.25, 0.3) is 0 Å². The summed E-state index contributed by atoms with van der Waals surface area (Å²) in [5, 5.41) is 4.25. The van der Waals surface area contributed by atoms with E-state index >= 15 is 0 Å². The van der Waals surface area contributed by atoms with E-state index in [0.717, 1.165) is 62.4 Å². The molecule has 154 valence electrons. The van der Waals surface area contributed by atoms with Crippen LogP contribution in [0.4, 0.5) is 0 Å². The number of guanidine groups is 1. The lowest BCUT2D eigenvalue weighted by Crippen LogP contribution is -2.49. The number of nitrogens with one attached hydrogen (secondary N) is 1. The Bertz CT molecular complexity index is 403. The van der Waals surface area contributed by atoms with Gasteiger partial charge in [0.2, 0.25) is 0 Å². The molecule has 1 unspecified atom stereocenters. The summed E-state index contributed by atoms with van der Waals surface area (Å²) in [6, 6.07) is 0. The predicted octanol–water partition coefficient (Wildman–Crippen LogP) is 3.00. The van der Waals surface area contributed by atoms with Crippen LogP contribution in [0.25, 0.3) is 0 Å². The molecule has 0 bridgehead atoms. The minimum Gasteiger partial charge on any atom is -0.383 e. The zero-order chi connectivity index (χ0) is 18.1. The van der Waals surface area contributed by atoms with Crippen LogP contribution in [0.2, 0.25) is 0 Å². The molecule has 0 saturated carbocycles. The molecular formula is C19H39IN4OS. The molecule has 0 aliphatic carbocycles. The molecule has 7 heteroatoms. The average Bonchev–Trinajstić information content (AvgIpc) is 2.64. The van der Waals surface area contributed by atoms with Crippen LogP contribution in [-0.4, -0.2) is 86.3 Å². The highest BCUT2D eigenvalue weighted by Crippen LogP contribution is 2.25. The Balaban J connectivity index is 0.00000338. The van der Waals surface area contributed by atoms with Crippen molar-refractivity contribution in [1.29, 1.82) is 0 Å². The number of methoxy groups -OCH3 is 1. The highest BCUT2D eigenvalue weighted by molar-refractivity contribution is 14.0. The Hall–Kier alpha value is 0.270. The average molecular weight is 499 g/mol. The van der Waals surface area contributed by atoms with Crippen molar-refractivity contribution in [2.45, 2.75) is 38.9 Å². The van der Waals surface area contributed by atoms with Gasteiger partial charge in [-0.25, -0.2) is 0 Å². The first kappa shape index (κ1) is 24.3. The van der Waals surface area contributed by atoms with Gasteiger partial charge in [-0.1, -0.05) is 13.8 Å². The largest absolute Gasteiger partial charge is 0.383 e. The number of hydrogen-bond donors (Lipinski definition) is 1. The van der Waals surface area contributed by atoms with E-state index in [1.54, 1.807) is 7.11 Å². The third-order valence-corrected chi connectivity index (χ3v) is 6.83. The summed E-state index contributed by atoms with van der Waals surface area (Å²) in [5.41, 5.74) is 0. The molecule has 2 heterocycles. The monoisotopic (exact) mass is 498 g/mol.